The van der Waals surface area contributed by atoms with Gasteiger partial charge >= 0.3 is 0 Å². The summed E-state index contributed by atoms with van der Waals surface area (Å²) in [4.78, 5) is 16.1. The van der Waals surface area contributed by atoms with Gasteiger partial charge in [-0.05, 0) is 37.3 Å². The quantitative estimate of drug-likeness (QED) is 0.660. The largest absolute Gasteiger partial charge is 0.384 e. The third-order valence-electron chi connectivity index (χ3n) is 3.73. The standard InChI is InChI=1S/C19H15ClN4O2/c1-12(25)16-6-5-13(11-21)9-17(16)22-8-7-18-23-19(24-26-18)14-3-2-4-15(20)10-14/h2-6,9-10,22H,7-8H2,1H3. The fourth-order valence-electron chi connectivity index (χ4n) is 2.47. The van der Waals surface area contributed by atoms with Crippen molar-refractivity contribution in [1.29, 1.82) is 5.26 Å². The summed E-state index contributed by atoms with van der Waals surface area (Å²) >= 11 is 5.97. The minimum Gasteiger partial charge on any atom is -0.384 e. The maximum absolute atomic E-state index is 11.7. The van der Waals surface area contributed by atoms with E-state index in [9.17, 15) is 4.79 Å². The molecule has 130 valence electrons. The molecule has 0 aliphatic carbocycles. The first-order valence-electron chi connectivity index (χ1n) is 7.94. The molecule has 1 aromatic heterocycles. The fraction of sp³-hybridized carbons (Fsp3) is 0.158. The van der Waals surface area contributed by atoms with E-state index in [1.54, 1.807) is 30.3 Å². The van der Waals surface area contributed by atoms with Gasteiger partial charge in [0.2, 0.25) is 11.7 Å². The smallest absolute Gasteiger partial charge is 0.228 e. The van der Waals surface area contributed by atoms with Gasteiger partial charge in [-0.1, -0.05) is 28.9 Å². The number of Topliss-reactive ketones (excluding diaryl/α,β-unsaturated/α-hetero) is 1. The number of carbonyl (C=O) groups is 1. The third kappa shape index (κ3) is 4.08. The van der Waals surface area contributed by atoms with Gasteiger partial charge in [-0.15, -0.1) is 0 Å². The molecule has 0 unspecified atom stereocenters. The first kappa shape index (κ1) is 17.6. The number of rotatable bonds is 6. The number of hydrogen-bond acceptors (Lipinski definition) is 6. The Morgan fingerprint density at radius 3 is 2.88 bits per heavy atom. The molecule has 0 amide bonds. The molecule has 2 aromatic carbocycles. The highest BCUT2D eigenvalue weighted by molar-refractivity contribution is 6.30. The molecule has 0 atom stereocenters. The second-order valence-electron chi connectivity index (χ2n) is 5.63. The summed E-state index contributed by atoms with van der Waals surface area (Å²) in [7, 11) is 0. The lowest BCUT2D eigenvalue weighted by atomic mass is 10.1. The van der Waals surface area contributed by atoms with Gasteiger partial charge in [0.05, 0.1) is 11.6 Å². The number of carbonyl (C=O) groups excluding carboxylic acids is 1. The SMILES string of the molecule is CC(=O)c1ccc(C#N)cc1NCCc1nc(-c2cccc(Cl)c2)no1. The number of hydrogen-bond donors (Lipinski definition) is 1. The first-order chi connectivity index (χ1) is 12.6. The van der Waals surface area contributed by atoms with Crippen molar-refractivity contribution in [2.45, 2.75) is 13.3 Å². The van der Waals surface area contributed by atoms with Crippen LogP contribution < -0.4 is 5.32 Å². The first-order valence-corrected chi connectivity index (χ1v) is 8.32. The molecule has 0 bridgehead atoms. The van der Waals surface area contributed by atoms with Crippen molar-refractivity contribution in [3.63, 3.8) is 0 Å². The second kappa shape index (κ2) is 7.81. The molecule has 1 heterocycles. The van der Waals surface area contributed by atoms with Crippen LogP contribution in [0.25, 0.3) is 11.4 Å². The zero-order valence-electron chi connectivity index (χ0n) is 14.0. The molecule has 0 radical (unpaired) electrons. The highest BCUT2D eigenvalue weighted by Crippen LogP contribution is 2.21. The number of benzene rings is 2. The van der Waals surface area contributed by atoms with Gasteiger partial charge in [0.25, 0.3) is 0 Å². The number of aromatic nitrogens is 2. The van der Waals surface area contributed by atoms with Gasteiger partial charge in [0.15, 0.2) is 5.78 Å². The van der Waals surface area contributed by atoms with Crippen LogP contribution in [0.3, 0.4) is 0 Å². The number of anilines is 1. The molecule has 3 aromatic rings. The van der Waals surface area contributed by atoms with Crippen LogP contribution >= 0.6 is 11.6 Å². The molecule has 0 aliphatic heterocycles. The van der Waals surface area contributed by atoms with E-state index in [2.05, 4.69) is 21.5 Å². The molecule has 7 heteroatoms. The summed E-state index contributed by atoms with van der Waals surface area (Å²) < 4.78 is 5.26. The Morgan fingerprint density at radius 1 is 1.31 bits per heavy atom. The van der Waals surface area contributed by atoms with E-state index in [0.29, 0.717) is 46.5 Å². The molecule has 0 spiro atoms. The third-order valence-corrected chi connectivity index (χ3v) is 3.97. The molecular weight excluding hydrogens is 352 g/mol. The van der Waals surface area contributed by atoms with Crippen molar-refractivity contribution in [3.8, 4) is 17.5 Å². The van der Waals surface area contributed by atoms with Crippen LogP contribution in [-0.2, 0) is 6.42 Å². The van der Waals surface area contributed by atoms with E-state index in [0.717, 1.165) is 5.56 Å². The highest BCUT2D eigenvalue weighted by Gasteiger charge is 2.11. The van der Waals surface area contributed by atoms with Gasteiger partial charge in [0.1, 0.15) is 0 Å². The molecule has 0 saturated carbocycles. The molecular formula is C19H15ClN4O2. The van der Waals surface area contributed by atoms with Crippen LogP contribution in [0, 0.1) is 11.3 Å². The topological polar surface area (TPSA) is 91.8 Å². The van der Waals surface area contributed by atoms with Crippen LogP contribution in [-0.4, -0.2) is 22.5 Å². The number of halogens is 1. The molecule has 6 nitrogen and oxygen atoms in total. The highest BCUT2D eigenvalue weighted by atomic mass is 35.5. The summed E-state index contributed by atoms with van der Waals surface area (Å²) in [5.41, 5.74) is 2.42. The lowest BCUT2D eigenvalue weighted by Gasteiger charge is -2.09. The second-order valence-corrected chi connectivity index (χ2v) is 6.06. The van der Waals surface area contributed by atoms with Crippen LogP contribution in [0.2, 0.25) is 5.02 Å². The Hall–Kier alpha value is -3.17. The van der Waals surface area contributed by atoms with Gasteiger partial charge < -0.3 is 9.84 Å². The van der Waals surface area contributed by atoms with Crippen molar-refractivity contribution in [2.24, 2.45) is 0 Å². The summed E-state index contributed by atoms with van der Waals surface area (Å²) in [5.74, 6) is 0.865. The Labute approximate surface area is 155 Å². The van der Waals surface area contributed by atoms with Gasteiger partial charge in [0, 0.05) is 34.8 Å². The van der Waals surface area contributed by atoms with Crippen molar-refractivity contribution < 1.29 is 9.32 Å². The maximum Gasteiger partial charge on any atom is 0.228 e. The average molecular weight is 367 g/mol. The number of ketones is 1. The molecule has 0 fully saturated rings. The fourth-order valence-corrected chi connectivity index (χ4v) is 2.66. The Balaban J connectivity index is 1.68. The van der Waals surface area contributed by atoms with Crippen molar-refractivity contribution in [1.82, 2.24) is 10.1 Å². The summed E-state index contributed by atoms with van der Waals surface area (Å²) in [6.45, 7) is 1.97. The minimum absolute atomic E-state index is 0.0713. The Bertz CT molecular complexity index is 991. The summed E-state index contributed by atoms with van der Waals surface area (Å²) in [5, 5.41) is 16.7. The predicted octanol–water partition coefficient (Wildman–Crippen LogP) is 4.12. The van der Waals surface area contributed by atoms with E-state index in [-0.39, 0.29) is 5.78 Å². The predicted molar refractivity (Wildman–Crippen MR) is 98.1 cm³/mol. The van der Waals surface area contributed by atoms with Crippen molar-refractivity contribution in [3.05, 3.63) is 64.5 Å². The van der Waals surface area contributed by atoms with E-state index in [1.807, 2.05) is 12.1 Å². The van der Waals surface area contributed by atoms with E-state index >= 15 is 0 Å². The molecule has 0 aliphatic rings. The van der Waals surface area contributed by atoms with E-state index in [4.69, 9.17) is 21.4 Å². The monoisotopic (exact) mass is 366 g/mol. The van der Waals surface area contributed by atoms with Crippen molar-refractivity contribution >= 4 is 23.1 Å². The number of nitriles is 1. The van der Waals surface area contributed by atoms with E-state index < -0.39 is 0 Å². The maximum atomic E-state index is 11.7. The molecule has 1 N–H and O–H groups in total. The van der Waals surface area contributed by atoms with Crippen LogP contribution in [0.1, 0.15) is 28.7 Å². The van der Waals surface area contributed by atoms with E-state index in [1.165, 1.54) is 6.92 Å². The van der Waals surface area contributed by atoms with Gasteiger partial charge in [-0.2, -0.15) is 10.2 Å². The van der Waals surface area contributed by atoms with Crippen LogP contribution in [0.5, 0.6) is 0 Å². The van der Waals surface area contributed by atoms with Crippen LogP contribution in [0.4, 0.5) is 5.69 Å². The Kier molecular flexibility index (Phi) is 5.30. The molecule has 26 heavy (non-hydrogen) atoms. The normalized spacial score (nSPS) is 10.3. The number of nitrogens with one attached hydrogen (secondary N) is 1. The summed E-state index contributed by atoms with van der Waals surface area (Å²) in [6, 6.07) is 14.2. The van der Waals surface area contributed by atoms with Gasteiger partial charge in [-0.3, -0.25) is 4.79 Å². The minimum atomic E-state index is -0.0713. The number of nitrogens with zero attached hydrogens (tertiary/aromatic N) is 3. The lowest BCUT2D eigenvalue weighted by Crippen LogP contribution is -2.09. The van der Waals surface area contributed by atoms with Crippen molar-refractivity contribution in [2.75, 3.05) is 11.9 Å². The zero-order chi connectivity index (χ0) is 18.5. The van der Waals surface area contributed by atoms with Crippen LogP contribution in [0.15, 0.2) is 47.0 Å². The van der Waals surface area contributed by atoms with Gasteiger partial charge in [-0.25, -0.2) is 0 Å². The average Bonchev–Trinajstić information content (AvgIpc) is 3.10. The molecule has 3 rings (SSSR count). The zero-order valence-corrected chi connectivity index (χ0v) is 14.7. The Morgan fingerprint density at radius 2 is 2.15 bits per heavy atom. The summed E-state index contributed by atoms with van der Waals surface area (Å²) in [6.07, 6.45) is 0.474. The lowest BCUT2D eigenvalue weighted by molar-refractivity contribution is 0.101. The molecule has 0 saturated heterocycles.